The minimum atomic E-state index is -0.691. The van der Waals surface area contributed by atoms with Gasteiger partial charge in [0.25, 0.3) is 0 Å². The average Bonchev–Trinajstić information content (AvgIpc) is 2.34. The Labute approximate surface area is 121 Å². The van der Waals surface area contributed by atoms with E-state index < -0.39 is 5.60 Å². The van der Waals surface area contributed by atoms with Crippen LogP contribution in [-0.2, 0) is 28.5 Å². The molecule has 0 heterocycles. The lowest BCUT2D eigenvalue weighted by Gasteiger charge is -2.12. The Kier molecular flexibility index (Phi) is 11.5. The number of methoxy groups -OCH3 is 1. The third-order valence-corrected chi connectivity index (χ3v) is 2.02. The van der Waals surface area contributed by atoms with Crippen LogP contribution in [0, 0.1) is 6.92 Å². The molecule has 0 aliphatic heterocycles. The molecule has 0 bridgehead atoms. The zero-order valence-corrected chi connectivity index (χ0v) is 12.8. The first-order valence-electron chi connectivity index (χ1n) is 6.75. The highest BCUT2D eigenvalue weighted by Crippen LogP contribution is 2.07. The molecule has 0 aromatic rings. The van der Waals surface area contributed by atoms with Gasteiger partial charge in [0, 0.05) is 21.0 Å². The summed E-state index contributed by atoms with van der Waals surface area (Å²) >= 11 is 0. The van der Waals surface area contributed by atoms with Crippen LogP contribution in [-0.4, -0.2) is 64.9 Å². The number of hydrogen-bond donors (Lipinski definition) is 0. The first-order valence-corrected chi connectivity index (χ1v) is 6.75. The zero-order valence-electron chi connectivity index (χ0n) is 12.8. The topological polar surface area (TPSA) is 63.2 Å². The lowest BCUT2D eigenvalue weighted by molar-refractivity contribution is -0.154. The first-order chi connectivity index (χ1) is 9.45. The van der Waals surface area contributed by atoms with E-state index in [2.05, 4.69) is 6.92 Å². The van der Waals surface area contributed by atoms with Crippen LogP contribution in [0.15, 0.2) is 0 Å². The Morgan fingerprint density at radius 3 is 1.80 bits per heavy atom. The number of hydrogen-bond acceptors (Lipinski definition) is 6. The highest BCUT2D eigenvalue weighted by molar-refractivity contribution is 5.70. The molecular formula is C14H27O6+. The van der Waals surface area contributed by atoms with Crippen LogP contribution in [0.25, 0.3) is 0 Å². The van der Waals surface area contributed by atoms with Crippen molar-refractivity contribution in [1.29, 1.82) is 0 Å². The molecule has 0 rings (SSSR count). The third-order valence-electron chi connectivity index (χ3n) is 2.02. The Morgan fingerprint density at radius 2 is 1.35 bits per heavy atom. The van der Waals surface area contributed by atoms with Crippen molar-refractivity contribution in [3.63, 3.8) is 0 Å². The monoisotopic (exact) mass is 291 g/mol. The quantitative estimate of drug-likeness (QED) is 0.289. The summed E-state index contributed by atoms with van der Waals surface area (Å²) in [5, 5.41) is 0. The van der Waals surface area contributed by atoms with E-state index in [0.29, 0.717) is 46.2 Å². The SMILES string of the molecule is [CH2+]C(C)(C)OC(=O)CCOCCOCCOCCOC. The number of carbonyl (C=O) groups is 1. The lowest BCUT2D eigenvalue weighted by Crippen LogP contribution is -2.25. The van der Waals surface area contributed by atoms with Crippen LogP contribution in [0.3, 0.4) is 0 Å². The molecule has 6 nitrogen and oxygen atoms in total. The van der Waals surface area contributed by atoms with Crippen LogP contribution in [0.4, 0.5) is 0 Å². The Hall–Kier alpha value is -0.820. The molecule has 0 atom stereocenters. The van der Waals surface area contributed by atoms with Crippen molar-refractivity contribution >= 4 is 5.97 Å². The van der Waals surface area contributed by atoms with E-state index in [-0.39, 0.29) is 12.4 Å². The summed E-state index contributed by atoms with van der Waals surface area (Å²) in [6, 6.07) is 0. The molecule has 0 unspecified atom stereocenters. The van der Waals surface area contributed by atoms with Crippen molar-refractivity contribution in [3.8, 4) is 0 Å². The Balaban J connectivity index is 3.19. The number of carbonyl (C=O) groups excluding carboxylic acids is 1. The van der Waals surface area contributed by atoms with Gasteiger partial charge in [0.05, 0.1) is 52.7 Å². The molecule has 0 spiro atoms. The molecule has 0 amide bonds. The molecule has 0 aromatic heterocycles. The van der Waals surface area contributed by atoms with Crippen molar-refractivity contribution in [3.05, 3.63) is 6.92 Å². The van der Waals surface area contributed by atoms with Crippen LogP contribution in [0.1, 0.15) is 20.3 Å². The Bertz CT molecular complexity index is 236. The van der Waals surface area contributed by atoms with Crippen LogP contribution >= 0.6 is 0 Å². The molecule has 0 aliphatic carbocycles. The molecule has 0 N–H and O–H groups in total. The van der Waals surface area contributed by atoms with E-state index in [9.17, 15) is 4.79 Å². The van der Waals surface area contributed by atoms with Crippen molar-refractivity contribution in [1.82, 2.24) is 0 Å². The average molecular weight is 291 g/mol. The van der Waals surface area contributed by atoms with Gasteiger partial charge in [-0.15, -0.1) is 0 Å². The molecule has 0 saturated heterocycles. The first kappa shape index (κ1) is 19.2. The summed E-state index contributed by atoms with van der Waals surface area (Å²) in [6.07, 6.45) is 0.221. The van der Waals surface area contributed by atoms with E-state index in [1.807, 2.05) is 0 Å². The largest absolute Gasteiger partial charge is 0.419 e. The van der Waals surface area contributed by atoms with Crippen LogP contribution < -0.4 is 0 Å². The second-order valence-corrected chi connectivity index (χ2v) is 4.81. The van der Waals surface area contributed by atoms with Crippen molar-refractivity contribution in [2.24, 2.45) is 0 Å². The van der Waals surface area contributed by atoms with Gasteiger partial charge in [0.15, 0.2) is 0 Å². The van der Waals surface area contributed by atoms with Crippen LogP contribution in [0.5, 0.6) is 0 Å². The highest BCUT2D eigenvalue weighted by Gasteiger charge is 2.22. The van der Waals surface area contributed by atoms with Crippen molar-refractivity contribution < 1.29 is 28.5 Å². The van der Waals surface area contributed by atoms with E-state index in [4.69, 9.17) is 23.7 Å². The highest BCUT2D eigenvalue weighted by atomic mass is 16.6. The molecule has 20 heavy (non-hydrogen) atoms. The standard InChI is InChI=1S/C14H27O6/c1-14(2,3)20-13(15)5-6-17-9-10-19-12-11-18-8-7-16-4/h1,5-12H2,2-4H3/q+1. The second-order valence-electron chi connectivity index (χ2n) is 4.81. The fourth-order valence-electron chi connectivity index (χ4n) is 1.20. The molecule has 0 aromatic carbocycles. The number of ether oxygens (including phenoxy) is 5. The number of rotatable bonds is 13. The van der Waals surface area contributed by atoms with Crippen LogP contribution in [0.2, 0.25) is 0 Å². The smallest absolute Gasteiger partial charge is 0.311 e. The lowest BCUT2D eigenvalue weighted by atomic mass is 10.2. The summed E-state index contributed by atoms with van der Waals surface area (Å²) in [6.45, 7) is 10.6. The van der Waals surface area contributed by atoms with Crippen molar-refractivity contribution in [2.45, 2.75) is 25.9 Å². The molecule has 0 aliphatic rings. The minimum absolute atomic E-state index is 0.221. The third kappa shape index (κ3) is 15.2. The molecule has 0 saturated carbocycles. The van der Waals surface area contributed by atoms with Gasteiger partial charge in [-0.25, -0.2) is 0 Å². The molecule has 0 fully saturated rings. The minimum Gasteiger partial charge on any atom is -0.419 e. The van der Waals surface area contributed by atoms with Gasteiger partial charge in [-0.3, -0.25) is 4.79 Å². The van der Waals surface area contributed by atoms with Gasteiger partial charge in [-0.05, 0) is 0 Å². The maximum atomic E-state index is 11.3. The molecule has 118 valence electrons. The summed E-state index contributed by atoms with van der Waals surface area (Å²) in [7, 11) is 1.63. The van der Waals surface area contributed by atoms with Gasteiger partial charge in [0.1, 0.15) is 6.92 Å². The predicted molar refractivity (Wildman–Crippen MR) is 74.5 cm³/mol. The van der Waals surface area contributed by atoms with E-state index in [0.717, 1.165) is 0 Å². The van der Waals surface area contributed by atoms with Gasteiger partial charge in [0.2, 0.25) is 5.60 Å². The molecular weight excluding hydrogens is 264 g/mol. The van der Waals surface area contributed by atoms with Crippen molar-refractivity contribution in [2.75, 3.05) is 53.4 Å². The van der Waals surface area contributed by atoms with Gasteiger partial charge < -0.3 is 23.7 Å². The fraction of sp³-hybridized carbons (Fsp3) is 0.857. The summed E-state index contributed by atoms with van der Waals surface area (Å²) in [5.74, 6) is -0.308. The zero-order chi connectivity index (χ0) is 15.3. The number of esters is 1. The molecule has 6 heteroatoms. The summed E-state index contributed by atoms with van der Waals surface area (Å²) in [4.78, 5) is 11.3. The van der Waals surface area contributed by atoms with E-state index in [1.54, 1.807) is 21.0 Å². The second kappa shape index (κ2) is 12.0. The normalized spacial score (nSPS) is 11.6. The van der Waals surface area contributed by atoms with E-state index >= 15 is 0 Å². The molecule has 0 radical (unpaired) electrons. The maximum Gasteiger partial charge on any atom is 0.311 e. The fourth-order valence-corrected chi connectivity index (χ4v) is 1.20. The van der Waals surface area contributed by atoms with Gasteiger partial charge in [-0.1, -0.05) is 0 Å². The predicted octanol–water partition coefficient (Wildman–Crippen LogP) is 1.23. The summed E-state index contributed by atoms with van der Waals surface area (Å²) < 4.78 is 25.6. The van der Waals surface area contributed by atoms with Gasteiger partial charge in [-0.2, -0.15) is 0 Å². The van der Waals surface area contributed by atoms with Gasteiger partial charge >= 0.3 is 5.97 Å². The Morgan fingerprint density at radius 1 is 0.900 bits per heavy atom. The van der Waals surface area contributed by atoms with E-state index in [1.165, 1.54) is 0 Å². The maximum absolute atomic E-state index is 11.3. The summed E-state index contributed by atoms with van der Waals surface area (Å²) in [5.41, 5.74) is -0.691.